The summed E-state index contributed by atoms with van der Waals surface area (Å²) in [6.45, 7) is 5.89. The van der Waals surface area contributed by atoms with Crippen LogP contribution in [0.25, 0.3) is 11.1 Å². The van der Waals surface area contributed by atoms with Gasteiger partial charge in [0.1, 0.15) is 11.4 Å². The van der Waals surface area contributed by atoms with Crippen LogP contribution in [0.5, 0.6) is 5.75 Å². The molecule has 0 unspecified atom stereocenters. The number of benzene rings is 3. The fraction of sp³-hybridized carbons (Fsp3) is 0.286. The standard InChI is InChI=1S/C28H30N2O6S/c1-28(2,3)36-27(33)22-11-9-20(19-7-5-4-6-8-19)17-24(22)29-26(32)23-18-21(10-12-25(23)31)30-13-15-37(34,35)16-14-30/h4-12,17-18,31H,13-16H2,1-3H3,(H,29,32). The molecule has 1 aliphatic heterocycles. The van der Waals surface area contributed by atoms with Gasteiger partial charge in [-0.2, -0.15) is 0 Å². The van der Waals surface area contributed by atoms with Gasteiger partial charge in [-0.25, -0.2) is 13.2 Å². The van der Waals surface area contributed by atoms with Crippen molar-refractivity contribution >= 4 is 33.1 Å². The first kappa shape index (κ1) is 26.2. The molecule has 0 aromatic heterocycles. The third-order valence-electron chi connectivity index (χ3n) is 5.93. The van der Waals surface area contributed by atoms with E-state index in [1.54, 1.807) is 45.0 Å². The second-order valence-electron chi connectivity index (χ2n) is 9.92. The second-order valence-corrected chi connectivity index (χ2v) is 12.2. The van der Waals surface area contributed by atoms with E-state index in [2.05, 4.69) is 5.32 Å². The van der Waals surface area contributed by atoms with Crippen LogP contribution in [0, 0.1) is 0 Å². The lowest BCUT2D eigenvalue weighted by molar-refractivity contribution is 0.00707. The van der Waals surface area contributed by atoms with Crippen LogP contribution in [0.2, 0.25) is 0 Å². The molecule has 0 radical (unpaired) electrons. The van der Waals surface area contributed by atoms with Crippen molar-refractivity contribution in [3.8, 4) is 16.9 Å². The van der Waals surface area contributed by atoms with Gasteiger partial charge in [0.25, 0.3) is 5.91 Å². The van der Waals surface area contributed by atoms with Gasteiger partial charge >= 0.3 is 5.97 Å². The minimum atomic E-state index is -3.07. The van der Waals surface area contributed by atoms with Crippen molar-refractivity contribution in [1.29, 1.82) is 0 Å². The van der Waals surface area contributed by atoms with Gasteiger partial charge in [0.05, 0.1) is 28.3 Å². The predicted molar refractivity (Wildman–Crippen MR) is 144 cm³/mol. The molecule has 2 N–H and O–H groups in total. The lowest BCUT2D eigenvalue weighted by atomic mass is 10.0. The minimum Gasteiger partial charge on any atom is -0.507 e. The number of nitrogens with zero attached hydrogens (tertiary/aromatic N) is 1. The molecular formula is C28H30N2O6S. The van der Waals surface area contributed by atoms with Crippen LogP contribution in [-0.4, -0.2) is 55.6 Å². The molecule has 0 spiro atoms. The van der Waals surface area contributed by atoms with E-state index in [0.717, 1.165) is 11.1 Å². The highest BCUT2D eigenvalue weighted by Gasteiger charge is 2.25. The van der Waals surface area contributed by atoms with Crippen LogP contribution >= 0.6 is 0 Å². The number of rotatable bonds is 5. The number of aromatic hydroxyl groups is 1. The summed E-state index contributed by atoms with van der Waals surface area (Å²) in [5.74, 6) is -1.38. The number of nitrogens with one attached hydrogen (secondary N) is 1. The Morgan fingerprint density at radius 2 is 1.57 bits per heavy atom. The third-order valence-corrected chi connectivity index (χ3v) is 7.54. The van der Waals surface area contributed by atoms with Crippen molar-refractivity contribution in [2.24, 2.45) is 0 Å². The summed E-state index contributed by atoms with van der Waals surface area (Å²) in [5.41, 5.74) is 2.02. The van der Waals surface area contributed by atoms with Gasteiger partial charge in [-0.1, -0.05) is 36.4 Å². The van der Waals surface area contributed by atoms with E-state index in [9.17, 15) is 23.1 Å². The van der Waals surface area contributed by atoms with Crippen LogP contribution < -0.4 is 10.2 Å². The molecule has 0 aliphatic carbocycles. The molecular weight excluding hydrogens is 492 g/mol. The Labute approximate surface area is 216 Å². The summed E-state index contributed by atoms with van der Waals surface area (Å²) < 4.78 is 29.1. The van der Waals surface area contributed by atoms with Crippen LogP contribution in [0.15, 0.2) is 66.7 Å². The number of hydrogen-bond donors (Lipinski definition) is 2. The Kier molecular flexibility index (Phi) is 7.27. The lowest BCUT2D eigenvalue weighted by Crippen LogP contribution is -2.40. The molecule has 3 aromatic rings. The molecule has 1 heterocycles. The Balaban J connectivity index is 1.67. The lowest BCUT2D eigenvalue weighted by Gasteiger charge is -2.29. The molecule has 1 saturated heterocycles. The first-order chi connectivity index (χ1) is 17.4. The maximum absolute atomic E-state index is 13.3. The van der Waals surface area contributed by atoms with Crippen LogP contribution in [0.3, 0.4) is 0 Å². The maximum atomic E-state index is 13.3. The van der Waals surface area contributed by atoms with Crippen molar-refractivity contribution in [3.05, 3.63) is 77.9 Å². The van der Waals surface area contributed by atoms with Gasteiger partial charge in [-0.05, 0) is 62.2 Å². The van der Waals surface area contributed by atoms with Gasteiger partial charge in [-0.15, -0.1) is 0 Å². The highest BCUT2D eigenvalue weighted by atomic mass is 32.2. The molecule has 3 aromatic carbocycles. The Bertz CT molecular complexity index is 1410. The van der Waals surface area contributed by atoms with E-state index >= 15 is 0 Å². The molecule has 0 bridgehead atoms. The van der Waals surface area contributed by atoms with E-state index < -0.39 is 27.3 Å². The molecule has 0 atom stereocenters. The molecule has 194 valence electrons. The van der Waals surface area contributed by atoms with Crippen molar-refractivity contribution in [2.45, 2.75) is 26.4 Å². The van der Waals surface area contributed by atoms with Crippen molar-refractivity contribution < 1.29 is 27.9 Å². The number of phenols is 1. The zero-order chi connectivity index (χ0) is 26.8. The Morgan fingerprint density at radius 3 is 2.22 bits per heavy atom. The predicted octanol–water partition coefficient (Wildman–Crippen LogP) is 4.50. The molecule has 8 nitrogen and oxygen atoms in total. The monoisotopic (exact) mass is 522 g/mol. The highest BCUT2D eigenvalue weighted by Crippen LogP contribution is 2.30. The second kappa shape index (κ2) is 10.3. The fourth-order valence-corrected chi connectivity index (χ4v) is 5.23. The smallest absolute Gasteiger partial charge is 0.340 e. The van der Waals surface area contributed by atoms with Gasteiger partial charge in [0.15, 0.2) is 9.84 Å². The highest BCUT2D eigenvalue weighted by molar-refractivity contribution is 7.91. The van der Waals surface area contributed by atoms with Crippen molar-refractivity contribution in [3.63, 3.8) is 0 Å². The summed E-state index contributed by atoms with van der Waals surface area (Å²) in [4.78, 5) is 28.2. The average Bonchev–Trinajstić information content (AvgIpc) is 2.84. The van der Waals surface area contributed by atoms with Gasteiger partial charge in [-0.3, -0.25) is 4.79 Å². The van der Waals surface area contributed by atoms with E-state index in [1.165, 1.54) is 12.1 Å². The molecule has 0 saturated carbocycles. The normalized spacial score (nSPS) is 15.2. The number of carbonyl (C=O) groups excluding carboxylic acids is 2. The zero-order valence-corrected chi connectivity index (χ0v) is 21.8. The average molecular weight is 523 g/mol. The quantitative estimate of drug-likeness (QED) is 0.474. The SMILES string of the molecule is CC(C)(C)OC(=O)c1ccc(-c2ccccc2)cc1NC(=O)c1cc(N2CCS(=O)(=O)CC2)ccc1O. The molecule has 9 heteroatoms. The van der Waals surface area contributed by atoms with Crippen molar-refractivity contribution in [2.75, 3.05) is 34.8 Å². The number of hydrogen-bond acceptors (Lipinski definition) is 7. The van der Waals surface area contributed by atoms with Crippen LogP contribution in [-0.2, 0) is 14.6 Å². The number of amides is 1. The minimum absolute atomic E-state index is 0.00573. The number of phenolic OH excluding ortho intramolecular Hbond substituents is 1. The first-order valence-electron chi connectivity index (χ1n) is 11.9. The molecule has 1 amide bonds. The summed E-state index contributed by atoms with van der Waals surface area (Å²) in [6, 6.07) is 19.2. The topological polar surface area (TPSA) is 113 Å². The Hall–Kier alpha value is -3.85. The summed E-state index contributed by atoms with van der Waals surface area (Å²) in [7, 11) is -3.07. The molecule has 1 aliphatic rings. The summed E-state index contributed by atoms with van der Waals surface area (Å²) >= 11 is 0. The number of ether oxygens (including phenoxy) is 1. The van der Waals surface area contributed by atoms with Crippen molar-refractivity contribution in [1.82, 2.24) is 0 Å². The first-order valence-corrected chi connectivity index (χ1v) is 13.8. The maximum Gasteiger partial charge on any atom is 0.340 e. The number of sulfone groups is 1. The summed E-state index contributed by atoms with van der Waals surface area (Å²) in [5, 5.41) is 13.2. The number of carbonyl (C=O) groups is 2. The fourth-order valence-electron chi connectivity index (χ4n) is 4.03. The van der Waals surface area contributed by atoms with E-state index in [0.29, 0.717) is 18.8 Å². The van der Waals surface area contributed by atoms with E-state index in [4.69, 9.17) is 4.74 Å². The van der Waals surface area contributed by atoms with E-state index in [-0.39, 0.29) is 34.1 Å². The largest absolute Gasteiger partial charge is 0.507 e. The molecule has 4 rings (SSSR count). The van der Waals surface area contributed by atoms with E-state index in [1.807, 2.05) is 35.2 Å². The Morgan fingerprint density at radius 1 is 0.892 bits per heavy atom. The third kappa shape index (κ3) is 6.48. The molecule has 1 fully saturated rings. The van der Waals surface area contributed by atoms with Gasteiger partial charge in [0.2, 0.25) is 0 Å². The zero-order valence-electron chi connectivity index (χ0n) is 21.0. The van der Waals surface area contributed by atoms with Gasteiger partial charge in [0, 0.05) is 18.8 Å². The van der Waals surface area contributed by atoms with Gasteiger partial charge < -0.3 is 20.1 Å². The van der Waals surface area contributed by atoms with Crippen LogP contribution in [0.1, 0.15) is 41.5 Å². The number of anilines is 2. The molecule has 37 heavy (non-hydrogen) atoms. The van der Waals surface area contributed by atoms with Crippen LogP contribution in [0.4, 0.5) is 11.4 Å². The number of esters is 1. The summed E-state index contributed by atoms with van der Waals surface area (Å²) in [6.07, 6.45) is 0.